The first-order chi connectivity index (χ1) is 14.7. The second-order valence-corrected chi connectivity index (χ2v) is 9.57. The van der Waals surface area contributed by atoms with Gasteiger partial charge in [-0.1, -0.05) is 43.2 Å². The lowest BCUT2D eigenvalue weighted by Gasteiger charge is -2.33. The fourth-order valence-electron chi connectivity index (χ4n) is 5.96. The van der Waals surface area contributed by atoms with Crippen LogP contribution in [0, 0.1) is 0 Å². The molecular weight excluding hydrogens is 372 g/mol. The van der Waals surface area contributed by atoms with E-state index >= 15 is 0 Å². The number of hydrogen-bond acceptors (Lipinski definition) is 3. The summed E-state index contributed by atoms with van der Waals surface area (Å²) in [6.45, 7) is 2.80. The summed E-state index contributed by atoms with van der Waals surface area (Å²) in [6, 6.07) is 11.5. The number of fused-ring (bicyclic) bond motifs is 1. The number of rotatable bonds is 5. The van der Waals surface area contributed by atoms with Gasteiger partial charge in [-0.05, 0) is 50.5 Å². The minimum atomic E-state index is 0.140. The molecule has 160 valence electrons. The molecule has 2 fully saturated rings. The molecule has 1 aliphatic heterocycles. The summed E-state index contributed by atoms with van der Waals surface area (Å²) < 4.78 is 1.96. The Hall–Kier alpha value is -2.14. The maximum Gasteiger partial charge on any atom is 0.274 e. The minimum absolute atomic E-state index is 0.140. The monoisotopic (exact) mass is 406 g/mol. The molecule has 1 saturated carbocycles. The molecule has 1 saturated heterocycles. The van der Waals surface area contributed by atoms with E-state index in [-0.39, 0.29) is 11.3 Å². The van der Waals surface area contributed by atoms with Gasteiger partial charge in [0, 0.05) is 49.4 Å². The summed E-state index contributed by atoms with van der Waals surface area (Å²) in [4.78, 5) is 15.1. The second kappa shape index (κ2) is 8.18. The lowest BCUT2D eigenvalue weighted by Crippen LogP contribution is -2.43. The number of aromatic nitrogens is 2. The number of nitrogens with zero attached hydrogens (tertiary/aromatic N) is 3. The lowest BCUT2D eigenvalue weighted by atomic mass is 9.78. The van der Waals surface area contributed by atoms with Gasteiger partial charge in [0.05, 0.1) is 0 Å². The number of carbonyl (C=O) groups is 1. The summed E-state index contributed by atoms with van der Waals surface area (Å²) in [5, 5.41) is 8.59. The first kappa shape index (κ1) is 19.8. The molecule has 2 aromatic rings. The van der Waals surface area contributed by atoms with Crippen molar-refractivity contribution in [3.63, 3.8) is 0 Å². The van der Waals surface area contributed by atoms with Crippen molar-refractivity contribution in [1.29, 1.82) is 0 Å². The lowest BCUT2D eigenvalue weighted by molar-refractivity contribution is 0.0785. The number of hydrogen-bond donors (Lipinski definition) is 1. The smallest absolute Gasteiger partial charge is 0.274 e. The number of benzene rings is 1. The van der Waals surface area contributed by atoms with Gasteiger partial charge < -0.3 is 10.2 Å². The molecule has 5 heteroatoms. The second-order valence-electron chi connectivity index (χ2n) is 9.57. The molecular formula is C25H34N4O. The van der Waals surface area contributed by atoms with Crippen molar-refractivity contribution in [3.8, 4) is 0 Å². The summed E-state index contributed by atoms with van der Waals surface area (Å²) in [6.07, 6.45) is 10.5. The van der Waals surface area contributed by atoms with Gasteiger partial charge in [-0.15, -0.1) is 0 Å². The van der Waals surface area contributed by atoms with Crippen LogP contribution in [0.4, 0.5) is 0 Å². The zero-order valence-electron chi connectivity index (χ0n) is 18.2. The maximum atomic E-state index is 13.1. The number of nitrogens with one attached hydrogen (secondary N) is 1. The van der Waals surface area contributed by atoms with Gasteiger partial charge in [-0.2, -0.15) is 5.10 Å². The number of amides is 1. The van der Waals surface area contributed by atoms with Gasteiger partial charge >= 0.3 is 0 Å². The van der Waals surface area contributed by atoms with Crippen LogP contribution < -0.4 is 5.32 Å². The molecule has 0 spiro atoms. The van der Waals surface area contributed by atoms with Crippen LogP contribution >= 0.6 is 0 Å². The standard InChI is InChI=1S/C25H34N4O/c1-28-22-12-11-20(17-21(22)23(27-28)24(30)29-15-7-8-16-29)26-18-25(13-5-6-14-25)19-9-3-2-4-10-19/h2-4,9-10,20,26H,5-8,11-18H2,1H3/t20-/m0/s1. The molecule has 0 unspecified atom stereocenters. The third kappa shape index (κ3) is 3.58. The molecule has 1 aromatic heterocycles. The maximum absolute atomic E-state index is 13.1. The molecule has 3 aliphatic rings. The van der Waals surface area contributed by atoms with Crippen LogP contribution in [0.15, 0.2) is 30.3 Å². The molecule has 30 heavy (non-hydrogen) atoms. The normalized spacial score (nSPS) is 23.0. The zero-order chi connectivity index (χ0) is 20.6. The van der Waals surface area contributed by atoms with Gasteiger partial charge in [-0.3, -0.25) is 9.48 Å². The predicted octanol–water partition coefficient (Wildman–Crippen LogP) is 3.62. The Labute approximate surface area is 179 Å². The number of likely N-dealkylation sites (tertiary alicyclic amines) is 1. The minimum Gasteiger partial charge on any atom is -0.337 e. The molecule has 1 amide bonds. The van der Waals surface area contributed by atoms with Crippen molar-refractivity contribution in [1.82, 2.24) is 20.0 Å². The van der Waals surface area contributed by atoms with E-state index in [1.165, 1.54) is 42.5 Å². The summed E-state index contributed by atoms with van der Waals surface area (Å²) in [7, 11) is 2.00. The topological polar surface area (TPSA) is 50.2 Å². The first-order valence-electron chi connectivity index (χ1n) is 11.8. The van der Waals surface area contributed by atoms with Crippen LogP contribution in [-0.2, 0) is 25.3 Å². The molecule has 1 aromatic carbocycles. The molecule has 1 atom stereocenters. The quantitative estimate of drug-likeness (QED) is 0.825. The highest BCUT2D eigenvalue weighted by atomic mass is 16.2. The van der Waals surface area contributed by atoms with Crippen molar-refractivity contribution in [3.05, 3.63) is 52.8 Å². The van der Waals surface area contributed by atoms with Crippen LogP contribution in [0.1, 0.15) is 72.3 Å². The van der Waals surface area contributed by atoms with Gasteiger partial charge in [0.2, 0.25) is 0 Å². The van der Waals surface area contributed by atoms with E-state index in [0.717, 1.165) is 51.7 Å². The van der Waals surface area contributed by atoms with Gasteiger partial charge in [0.1, 0.15) is 0 Å². The first-order valence-corrected chi connectivity index (χ1v) is 11.8. The Morgan fingerprint density at radius 2 is 1.87 bits per heavy atom. The third-order valence-electron chi connectivity index (χ3n) is 7.73. The van der Waals surface area contributed by atoms with E-state index in [1.807, 2.05) is 16.6 Å². The van der Waals surface area contributed by atoms with Crippen LogP contribution in [0.3, 0.4) is 0 Å². The van der Waals surface area contributed by atoms with E-state index in [0.29, 0.717) is 11.7 Å². The fraction of sp³-hybridized carbons (Fsp3) is 0.600. The molecule has 2 aliphatic carbocycles. The predicted molar refractivity (Wildman–Crippen MR) is 119 cm³/mol. The van der Waals surface area contributed by atoms with Gasteiger partial charge in [0.15, 0.2) is 5.69 Å². The molecule has 1 N–H and O–H groups in total. The molecule has 2 heterocycles. The van der Waals surface area contributed by atoms with Crippen molar-refractivity contribution in [2.75, 3.05) is 19.6 Å². The number of carbonyl (C=O) groups excluding carboxylic acids is 1. The summed E-state index contributed by atoms with van der Waals surface area (Å²) in [5.41, 5.74) is 4.91. The van der Waals surface area contributed by atoms with E-state index < -0.39 is 0 Å². The summed E-state index contributed by atoms with van der Waals surface area (Å²) in [5.74, 6) is 0.140. The highest BCUT2D eigenvalue weighted by Gasteiger charge is 2.37. The summed E-state index contributed by atoms with van der Waals surface area (Å²) >= 11 is 0. The average Bonchev–Trinajstić information content (AvgIpc) is 3.54. The Bertz CT molecular complexity index is 891. The van der Waals surface area contributed by atoms with Crippen LogP contribution in [0.5, 0.6) is 0 Å². The van der Waals surface area contributed by atoms with E-state index in [4.69, 9.17) is 0 Å². The van der Waals surface area contributed by atoms with Crippen molar-refractivity contribution >= 4 is 5.91 Å². The third-order valence-corrected chi connectivity index (χ3v) is 7.73. The zero-order valence-corrected chi connectivity index (χ0v) is 18.2. The van der Waals surface area contributed by atoms with E-state index in [2.05, 4.69) is 40.7 Å². The molecule has 0 bridgehead atoms. The molecule has 5 nitrogen and oxygen atoms in total. The SMILES string of the molecule is Cn1nc(C(=O)N2CCCC2)c2c1CC[C@H](NCC1(c3ccccc3)CCCC1)C2. The molecule has 5 rings (SSSR count). The van der Waals surface area contributed by atoms with Crippen LogP contribution in [-0.4, -0.2) is 46.3 Å². The van der Waals surface area contributed by atoms with E-state index in [1.54, 1.807) is 0 Å². The Morgan fingerprint density at radius 1 is 1.13 bits per heavy atom. The van der Waals surface area contributed by atoms with Gasteiger partial charge in [-0.25, -0.2) is 0 Å². The van der Waals surface area contributed by atoms with E-state index in [9.17, 15) is 4.79 Å². The van der Waals surface area contributed by atoms with Crippen molar-refractivity contribution in [2.24, 2.45) is 7.05 Å². The largest absolute Gasteiger partial charge is 0.337 e. The Balaban J connectivity index is 1.31. The molecule has 0 radical (unpaired) electrons. The van der Waals surface area contributed by atoms with Crippen LogP contribution in [0.25, 0.3) is 0 Å². The Kier molecular flexibility index (Phi) is 5.40. The number of aryl methyl sites for hydroxylation is 1. The van der Waals surface area contributed by atoms with Crippen molar-refractivity contribution < 1.29 is 4.79 Å². The average molecular weight is 407 g/mol. The highest BCUT2D eigenvalue weighted by molar-refractivity contribution is 5.94. The van der Waals surface area contributed by atoms with Crippen LogP contribution in [0.2, 0.25) is 0 Å². The van der Waals surface area contributed by atoms with Crippen molar-refractivity contribution in [2.45, 2.75) is 69.2 Å². The van der Waals surface area contributed by atoms with Gasteiger partial charge in [0.25, 0.3) is 5.91 Å². The highest BCUT2D eigenvalue weighted by Crippen LogP contribution is 2.41. The Morgan fingerprint density at radius 3 is 2.60 bits per heavy atom. The fourth-order valence-corrected chi connectivity index (χ4v) is 5.96.